The Bertz CT molecular complexity index is 968. The van der Waals surface area contributed by atoms with Crippen LogP contribution in [0.5, 0.6) is 5.75 Å². The van der Waals surface area contributed by atoms with Gasteiger partial charge in [0.1, 0.15) is 18.0 Å². The molecule has 6 nitrogen and oxygen atoms in total. The van der Waals surface area contributed by atoms with E-state index in [1.165, 1.54) is 0 Å². The number of nitrogens with zero attached hydrogens (tertiary/aromatic N) is 1. The zero-order valence-electron chi connectivity index (χ0n) is 21.8. The van der Waals surface area contributed by atoms with Gasteiger partial charge in [-0.05, 0) is 72.7 Å². The van der Waals surface area contributed by atoms with Crippen molar-refractivity contribution in [1.82, 2.24) is 4.90 Å². The molecule has 2 aromatic rings. The third kappa shape index (κ3) is 6.62. The molecule has 0 unspecified atom stereocenters. The number of hydrogen-bond donors (Lipinski definition) is 0. The average Bonchev–Trinajstić information content (AvgIpc) is 2.94. The first-order valence-corrected chi connectivity index (χ1v) is 11.9. The molecule has 0 aliphatic carbocycles. The summed E-state index contributed by atoms with van der Waals surface area (Å²) >= 11 is 0. The zero-order valence-corrected chi connectivity index (χ0v) is 21.8. The summed E-state index contributed by atoms with van der Waals surface area (Å²) in [5.41, 5.74) is 1.64. The molecule has 0 atom stereocenters. The maximum absolute atomic E-state index is 12.1. The quantitative estimate of drug-likeness (QED) is 0.426. The largest absolute Gasteiger partial charge is 0.498 e. The molecule has 3 rings (SSSR count). The summed E-state index contributed by atoms with van der Waals surface area (Å²) in [4.78, 5) is 14.0. The summed E-state index contributed by atoms with van der Waals surface area (Å²) < 4.78 is 24.2. The van der Waals surface area contributed by atoms with Gasteiger partial charge in [0.15, 0.2) is 0 Å². The van der Waals surface area contributed by atoms with Crippen LogP contribution in [-0.4, -0.2) is 61.5 Å². The van der Waals surface area contributed by atoms with Crippen LogP contribution in [-0.2, 0) is 18.8 Å². The second-order valence-electron chi connectivity index (χ2n) is 10.9. The predicted molar refractivity (Wildman–Crippen MR) is 136 cm³/mol. The molecule has 1 saturated heterocycles. The fourth-order valence-corrected chi connectivity index (χ4v) is 3.63. The van der Waals surface area contributed by atoms with Crippen LogP contribution in [0.4, 0.5) is 0 Å². The van der Waals surface area contributed by atoms with Gasteiger partial charge < -0.3 is 18.8 Å². The van der Waals surface area contributed by atoms with Gasteiger partial charge in [-0.2, -0.15) is 0 Å². The minimum Gasteiger partial charge on any atom is -0.493 e. The van der Waals surface area contributed by atoms with Crippen molar-refractivity contribution in [2.24, 2.45) is 0 Å². The number of benzene rings is 2. The van der Waals surface area contributed by atoms with E-state index in [1.807, 2.05) is 90.7 Å². The first kappa shape index (κ1) is 26.3. The number of carbonyl (C=O) groups is 1. The summed E-state index contributed by atoms with van der Waals surface area (Å²) in [6.45, 7) is 15.0. The van der Waals surface area contributed by atoms with Gasteiger partial charge in [-0.3, -0.25) is 9.69 Å². The van der Waals surface area contributed by atoms with Gasteiger partial charge in [-0.1, -0.05) is 42.5 Å². The second kappa shape index (κ2) is 10.1. The third-order valence-electron chi connectivity index (χ3n) is 6.17. The van der Waals surface area contributed by atoms with Gasteiger partial charge in [-0.25, -0.2) is 0 Å². The van der Waals surface area contributed by atoms with Crippen molar-refractivity contribution < 1.29 is 23.6 Å². The first-order chi connectivity index (χ1) is 15.8. The van der Waals surface area contributed by atoms with Crippen LogP contribution in [0.3, 0.4) is 0 Å². The number of ether oxygens (including phenoxy) is 2. The fourth-order valence-electron chi connectivity index (χ4n) is 3.63. The van der Waals surface area contributed by atoms with Gasteiger partial charge in [0.25, 0.3) is 0 Å². The van der Waals surface area contributed by atoms with Crippen molar-refractivity contribution in [1.29, 1.82) is 0 Å². The van der Waals surface area contributed by atoms with Gasteiger partial charge >= 0.3 is 13.1 Å². The van der Waals surface area contributed by atoms with E-state index in [4.69, 9.17) is 18.8 Å². The molecule has 0 bridgehead atoms. The van der Waals surface area contributed by atoms with E-state index in [1.54, 1.807) is 0 Å². The maximum Gasteiger partial charge on any atom is 0.498 e. The Balaban J connectivity index is 1.74. The van der Waals surface area contributed by atoms with Crippen LogP contribution in [0.1, 0.15) is 48.5 Å². The van der Waals surface area contributed by atoms with Gasteiger partial charge in [0, 0.05) is 12.0 Å². The highest BCUT2D eigenvalue weighted by atomic mass is 16.7. The lowest BCUT2D eigenvalue weighted by Gasteiger charge is -2.32. The predicted octanol–water partition coefficient (Wildman–Crippen LogP) is 4.31. The molecule has 0 N–H and O–H groups in total. The molecule has 1 aliphatic rings. The number of hydrogen-bond acceptors (Lipinski definition) is 6. The molecule has 184 valence electrons. The van der Waals surface area contributed by atoms with E-state index in [-0.39, 0.29) is 12.5 Å². The molecular weight excluding hydrogens is 429 g/mol. The van der Waals surface area contributed by atoms with Crippen LogP contribution in [0.15, 0.2) is 48.5 Å². The summed E-state index contributed by atoms with van der Waals surface area (Å²) in [7, 11) is 1.34. The summed E-state index contributed by atoms with van der Waals surface area (Å²) in [6, 6.07) is 16.3. The van der Waals surface area contributed by atoms with Crippen molar-refractivity contribution in [3.05, 3.63) is 48.5 Å². The minimum atomic E-state index is -0.539. The number of likely N-dealkylation sites (N-methyl/N-ethyl adjacent to an activating group) is 1. The van der Waals surface area contributed by atoms with Crippen molar-refractivity contribution in [2.45, 2.75) is 65.3 Å². The van der Waals surface area contributed by atoms with Crippen LogP contribution in [0.25, 0.3) is 11.1 Å². The smallest absolute Gasteiger partial charge is 0.493 e. The Morgan fingerprint density at radius 2 is 1.59 bits per heavy atom. The Morgan fingerprint density at radius 3 is 2.18 bits per heavy atom. The standard InChI is InChI=1S/C27H38BNO5/c1-25(2,3)32-24(30)19-29(8)16-17-31-23-15-14-21(20-12-10-9-11-13-20)18-22(23)28-33-26(4,5)27(6,7)34-28/h9-15,18H,16-17,19H2,1-8H3. The van der Waals surface area contributed by atoms with Crippen molar-refractivity contribution in [2.75, 3.05) is 26.7 Å². The number of esters is 1. The average molecular weight is 467 g/mol. The topological polar surface area (TPSA) is 57.2 Å². The molecule has 0 saturated carbocycles. The maximum atomic E-state index is 12.1. The van der Waals surface area contributed by atoms with Crippen LogP contribution in [0, 0.1) is 0 Å². The Kier molecular flexibility index (Phi) is 7.80. The van der Waals surface area contributed by atoms with Crippen molar-refractivity contribution >= 4 is 18.6 Å². The van der Waals surface area contributed by atoms with E-state index in [2.05, 4.69) is 18.2 Å². The third-order valence-corrected chi connectivity index (χ3v) is 6.17. The van der Waals surface area contributed by atoms with Crippen LogP contribution in [0.2, 0.25) is 0 Å². The first-order valence-electron chi connectivity index (χ1n) is 11.9. The fraction of sp³-hybridized carbons (Fsp3) is 0.519. The molecule has 34 heavy (non-hydrogen) atoms. The second-order valence-corrected chi connectivity index (χ2v) is 10.9. The molecule has 1 fully saturated rings. The van der Waals surface area contributed by atoms with Crippen molar-refractivity contribution in [3.8, 4) is 16.9 Å². The molecule has 1 heterocycles. The Hall–Kier alpha value is -2.35. The normalized spacial score (nSPS) is 17.1. The zero-order chi connectivity index (χ0) is 25.1. The van der Waals surface area contributed by atoms with E-state index < -0.39 is 23.9 Å². The van der Waals surface area contributed by atoms with Crippen molar-refractivity contribution in [3.63, 3.8) is 0 Å². The Labute approximate surface area is 204 Å². The van der Waals surface area contributed by atoms with E-state index in [0.29, 0.717) is 18.9 Å². The minimum absolute atomic E-state index is 0.206. The molecule has 0 aromatic heterocycles. The van der Waals surface area contributed by atoms with Gasteiger partial charge in [0.05, 0.1) is 17.7 Å². The molecular formula is C27H38BNO5. The summed E-state index contributed by atoms with van der Waals surface area (Å²) in [5.74, 6) is 0.462. The molecule has 0 radical (unpaired) electrons. The molecule has 0 spiro atoms. The van der Waals surface area contributed by atoms with E-state index in [0.717, 1.165) is 16.6 Å². The monoisotopic (exact) mass is 467 g/mol. The molecule has 1 aliphatic heterocycles. The highest BCUT2D eigenvalue weighted by Gasteiger charge is 2.52. The molecule has 2 aromatic carbocycles. The highest BCUT2D eigenvalue weighted by molar-refractivity contribution is 6.63. The lowest BCUT2D eigenvalue weighted by Crippen LogP contribution is -2.41. The Morgan fingerprint density at radius 1 is 0.971 bits per heavy atom. The van der Waals surface area contributed by atoms with E-state index in [9.17, 15) is 4.79 Å². The molecule has 0 amide bonds. The van der Waals surface area contributed by atoms with Gasteiger partial charge in [-0.15, -0.1) is 0 Å². The summed E-state index contributed by atoms with van der Waals surface area (Å²) in [6.07, 6.45) is 0. The van der Waals surface area contributed by atoms with Crippen LogP contribution >= 0.6 is 0 Å². The van der Waals surface area contributed by atoms with E-state index >= 15 is 0 Å². The van der Waals surface area contributed by atoms with Gasteiger partial charge in [0.2, 0.25) is 0 Å². The SMILES string of the molecule is CN(CCOc1ccc(-c2ccccc2)cc1B1OC(C)(C)C(C)(C)O1)CC(=O)OC(C)(C)C. The lowest BCUT2D eigenvalue weighted by molar-refractivity contribution is -0.155. The number of carbonyl (C=O) groups excluding carboxylic acids is 1. The number of rotatable bonds is 8. The highest BCUT2D eigenvalue weighted by Crippen LogP contribution is 2.37. The van der Waals surface area contributed by atoms with Crippen LogP contribution < -0.4 is 10.2 Å². The lowest BCUT2D eigenvalue weighted by atomic mass is 9.77. The summed E-state index contributed by atoms with van der Waals surface area (Å²) in [5, 5.41) is 0. The molecule has 7 heteroatoms.